The van der Waals surface area contributed by atoms with Gasteiger partial charge in [0.1, 0.15) is 0 Å². The number of rotatable bonds is 7. The third-order valence-electron chi connectivity index (χ3n) is 8.27. The van der Waals surface area contributed by atoms with Gasteiger partial charge in [-0.2, -0.15) is 0 Å². The Morgan fingerprint density at radius 1 is 1.21 bits per heavy atom. The van der Waals surface area contributed by atoms with Crippen LogP contribution in [0.4, 0.5) is 17.1 Å². The fourth-order valence-corrected chi connectivity index (χ4v) is 9.18. The average Bonchev–Trinajstić information content (AvgIpc) is 3.31. The second-order valence-electron chi connectivity index (χ2n) is 11.1. The number of anilines is 2. The maximum atomic E-state index is 14.3. The van der Waals surface area contributed by atoms with Crippen molar-refractivity contribution in [2.24, 2.45) is 5.92 Å². The lowest BCUT2D eigenvalue weighted by molar-refractivity contribution is -0.385. The van der Waals surface area contributed by atoms with Crippen molar-refractivity contribution in [2.45, 2.75) is 50.2 Å². The summed E-state index contributed by atoms with van der Waals surface area (Å²) in [7, 11) is -2.87. The van der Waals surface area contributed by atoms with Gasteiger partial charge in [0, 0.05) is 54.5 Å². The summed E-state index contributed by atoms with van der Waals surface area (Å²) in [6, 6.07) is 11.8. The predicted molar refractivity (Wildman–Crippen MR) is 147 cm³/mol. The maximum Gasteiger partial charge on any atom is 0.269 e. The summed E-state index contributed by atoms with van der Waals surface area (Å²) < 4.78 is 6.50. The molecule has 2 aromatic carbocycles. The van der Waals surface area contributed by atoms with E-state index in [1.165, 1.54) is 12.1 Å². The number of nitrogens with zero attached hydrogens (tertiary/aromatic N) is 3. The molecule has 2 saturated heterocycles. The minimum absolute atomic E-state index is 0.00380. The Morgan fingerprint density at radius 2 is 1.92 bits per heavy atom. The standard InChI is InChI=1S/C27H34N4O7Si/c1-17-25(39(2,3)37)23(10-13-32)38-27(17)21-14-20(31(35)36)8-9-22(21)30(26(27)34)16-18-4-6-19(7-5-18)29-12-11-28-15-24(29)33/h4-9,14,17,23,25,28,32,37H,10-13,15-16H2,1-3H3/t17-,23+,25-,27+/m1/s1. The normalized spacial score (nSPS) is 26.9. The molecule has 11 nitrogen and oxygen atoms in total. The number of benzene rings is 2. The number of nitro groups is 1. The number of amides is 2. The van der Waals surface area contributed by atoms with Gasteiger partial charge in [-0.1, -0.05) is 19.1 Å². The molecular formula is C27H34N4O7Si. The highest BCUT2D eigenvalue weighted by atomic mass is 28.4. The second-order valence-corrected chi connectivity index (χ2v) is 15.1. The van der Waals surface area contributed by atoms with E-state index in [0.717, 1.165) is 11.3 Å². The van der Waals surface area contributed by atoms with Crippen molar-refractivity contribution >= 4 is 37.2 Å². The Hall–Kier alpha value is -3.16. The topological polar surface area (TPSA) is 145 Å². The molecule has 0 radical (unpaired) electrons. The zero-order valence-electron chi connectivity index (χ0n) is 22.3. The van der Waals surface area contributed by atoms with Crippen molar-refractivity contribution in [3.8, 4) is 0 Å². The molecule has 0 saturated carbocycles. The Balaban J connectivity index is 1.53. The van der Waals surface area contributed by atoms with Crippen molar-refractivity contribution in [1.82, 2.24) is 5.32 Å². The summed E-state index contributed by atoms with van der Waals surface area (Å²) in [5, 5.41) is 24.5. The number of hydrogen-bond donors (Lipinski definition) is 3. The largest absolute Gasteiger partial charge is 0.432 e. The third kappa shape index (κ3) is 4.55. The Labute approximate surface area is 227 Å². The number of piperazine rings is 1. The van der Waals surface area contributed by atoms with Gasteiger partial charge >= 0.3 is 0 Å². The van der Waals surface area contributed by atoms with Crippen LogP contribution in [-0.4, -0.2) is 67.3 Å². The minimum atomic E-state index is -2.87. The molecule has 12 heteroatoms. The molecular weight excluding hydrogens is 520 g/mol. The van der Waals surface area contributed by atoms with Crippen LogP contribution in [0.3, 0.4) is 0 Å². The monoisotopic (exact) mass is 554 g/mol. The lowest BCUT2D eigenvalue weighted by atomic mass is 9.82. The van der Waals surface area contributed by atoms with Crippen LogP contribution in [0.5, 0.6) is 0 Å². The van der Waals surface area contributed by atoms with E-state index in [2.05, 4.69) is 5.32 Å². The van der Waals surface area contributed by atoms with Gasteiger partial charge in [-0.25, -0.2) is 0 Å². The first-order valence-corrected chi connectivity index (χ1v) is 16.2. The first-order valence-electron chi connectivity index (χ1n) is 13.2. The van der Waals surface area contributed by atoms with Crippen molar-refractivity contribution in [3.05, 3.63) is 63.7 Å². The van der Waals surface area contributed by atoms with Gasteiger partial charge in [0.2, 0.25) is 5.91 Å². The summed E-state index contributed by atoms with van der Waals surface area (Å²) in [5.41, 5.74) is 0.528. The predicted octanol–water partition coefficient (Wildman–Crippen LogP) is 2.26. The zero-order chi connectivity index (χ0) is 28.1. The van der Waals surface area contributed by atoms with Gasteiger partial charge < -0.3 is 29.8 Å². The van der Waals surface area contributed by atoms with Crippen LogP contribution >= 0.6 is 0 Å². The SMILES string of the molecule is C[C@@H]1[C@@H]([Si](C)(C)O)[C@H](CCO)O[C@@]12C(=O)N(Cc1ccc(N3CCNCC3=O)cc1)c1ccc([N+](=O)[O-])cc12. The number of fused-ring (bicyclic) bond motifs is 2. The number of carbonyl (C=O) groups excluding carboxylic acids is 2. The van der Waals surface area contributed by atoms with Gasteiger partial charge in [0.25, 0.3) is 11.6 Å². The summed E-state index contributed by atoms with van der Waals surface area (Å²) in [4.78, 5) is 52.3. The Kier molecular flexibility index (Phi) is 7.10. The van der Waals surface area contributed by atoms with E-state index >= 15 is 0 Å². The summed E-state index contributed by atoms with van der Waals surface area (Å²) in [6.45, 7) is 7.05. The number of ether oxygens (including phenoxy) is 1. The number of hydrogen-bond acceptors (Lipinski definition) is 8. The molecule has 208 valence electrons. The van der Waals surface area contributed by atoms with Gasteiger partial charge in [0.05, 0.1) is 29.8 Å². The molecule has 2 aromatic rings. The van der Waals surface area contributed by atoms with Crippen molar-refractivity contribution in [2.75, 3.05) is 36.0 Å². The second kappa shape index (κ2) is 10.1. The molecule has 39 heavy (non-hydrogen) atoms. The van der Waals surface area contributed by atoms with Gasteiger partial charge in [0.15, 0.2) is 13.9 Å². The average molecular weight is 555 g/mol. The molecule has 3 aliphatic rings. The first-order chi connectivity index (χ1) is 18.5. The number of aliphatic hydroxyl groups is 1. The number of nitro benzene ring substituents is 1. The smallest absolute Gasteiger partial charge is 0.269 e. The van der Waals surface area contributed by atoms with Crippen LogP contribution in [0.25, 0.3) is 0 Å². The van der Waals surface area contributed by atoms with Crippen LogP contribution < -0.4 is 15.1 Å². The van der Waals surface area contributed by atoms with E-state index in [-0.39, 0.29) is 42.6 Å². The molecule has 2 amide bonds. The van der Waals surface area contributed by atoms with Gasteiger partial charge in [-0.3, -0.25) is 19.7 Å². The van der Waals surface area contributed by atoms with Crippen molar-refractivity contribution in [3.63, 3.8) is 0 Å². The van der Waals surface area contributed by atoms with E-state index in [9.17, 15) is 29.6 Å². The molecule has 1 spiro atoms. The summed E-state index contributed by atoms with van der Waals surface area (Å²) in [6.07, 6.45) is -0.319. The quantitative estimate of drug-likeness (QED) is 0.268. The molecule has 2 fully saturated rings. The third-order valence-corrected chi connectivity index (χ3v) is 10.8. The summed E-state index contributed by atoms with van der Waals surface area (Å²) in [5.74, 6) is -0.813. The maximum absolute atomic E-state index is 14.3. The van der Waals surface area contributed by atoms with E-state index < -0.39 is 30.9 Å². The fourth-order valence-electron chi connectivity index (χ4n) is 6.58. The molecule has 0 unspecified atom stereocenters. The van der Waals surface area contributed by atoms with Crippen LogP contribution in [0.2, 0.25) is 18.6 Å². The number of non-ortho nitro benzene ring substituents is 1. The van der Waals surface area contributed by atoms with E-state index in [1.54, 1.807) is 29.0 Å². The van der Waals surface area contributed by atoms with E-state index in [4.69, 9.17) is 4.74 Å². The van der Waals surface area contributed by atoms with Gasteiger partial charge in [-0.05, 0) is 43.3 Å². The molecule has 0 aromatic heterocycles. The molecule has 0 aliphatic carbocycles. The molecule has 5 rings (SSSR count). The fraction of sp³-hybridized carbons (Fsp3) is 0.481. The lowest BCUT2D eigenvalue weighted by Gasteiger charge is -2.32. The Bertz CT molecular complexity index is 1300. The van der Waals surface area contributed by atoms with Crippen LogP contribution in [0, 0.1) is 16.0 Å². The molecule has 4 atom stereocenters. The van der Waals surface area contributed by atoms with Crippen LogP contribution in [0.15, 0.2) is 42.5 Å². The van der Waals surface area contributed by atoms with Crippen molar-refractivity contribution < 1.29 is 29.2 Å². The van der Waals surface area contributed by atoms with Crippen LogP contribution in [0.1, 0.15) is 24.5 Å². The number of carbonyl (C=O) groups is 2. The molecule has 3 heterocycles. The molecule has 0 bridgehead atoms. The zero-order valence-corrected chi connectivity index (χ0v) is 23.3. The highest BCUT2D eigenvalue weighted by Crippen LogP contribution is 2.60. The van der Waals surface area contributed by atoms with Gasteiger partial charge in [-0.15, -0.1) is 0 Å². The molecule has 3 N–H and O–H groups in total. The molecule has 3 aliphatic heterocycles. The first kappa shape index (κ1) is 27.4. The van der Waals surface area contributed by atoms with Crippen LogP contribution in [-0.2, 0) is 26.5 Å². The number of aliphatic hydroxyl groups excluding tert-OH is 1. The van der Waals surface area contributed by atoms with E-state index in [1.807, 2.05) is 31.2 Å². The van der Waals surface area contributed by atoms with Crippen molar-refractivity contribution in [1.29, 1.82) is 0 Å². The Morgan fingerprint density at radius 3 is 2.54 bits per heavy atom. The lowest BCUT2D eigenvalue weighted by Crippen LogP contribution is -2.48. The van der Waals surface area contributed by atoms with E-state index in [0.29, 0.717) is 30.9 Å². The highest BCUT2D eigenvalue weighted by Gasteiger charge is 2.66. The number of nitrogens with one attached hydrogen (secondary N) is 1. The minimum Gasteiger partial charge on any atom is -0.432 e. The highest BCUT2D eigenvalue weighted by molar-refractivity contribution is 6.71. The summed E-state index contributed by atoms with van der Waals surface area (Å²) >= 11 is 0.